The number of carboxylic acid groups (broad SMARTS) is 1. The first-order chi connectivity index (χ1) is 17.9. The number of allylic oxidation sites excluding steroid dienone is 2. The Morgan fingerprint density at radius 1 is 0.524 bits per heavy atom. The Bertz CT molecular complexity index is 1040. The minimum atomic E-state index is -9.51. The fraction of sp³-hybridized carbons (Fsp3) is 0.800. The van der Waals surface area contributed by atoms with Gasteiger partial charge >= 0.3 is 65.4 Å². The molecule has 0 saturated carbocycles. The summed E-state index contributed by atoms with van der Waals surface area (Å²) in [6.45, 7) is -2.92. The summed E-state index contributed by atoms with van der Waals surface area (Å²) in [5, 5.41) is 7.91. The van der Waals surface area contributed by atoms with Crippen LogP contribution in [0.5, 0.6) is 0 Å². The lowest BCUT2D eigenvalue weighted by Crippen LogP contribution is -2.77. The number of rotatable bonds is 14. The summed E-state index contributed by atoms with van der Waals surface area (Å²) in [4.78, 5) is 9.97. The van der Waals surface area contributed by atoms with Crippen molar-refractivity contribution in [2.24, 2.45) is 0 Å². The molecule has 1 N–H and O–H groups in total. The van der Waals surface area contributed by atoms with Crippen LogP contribution in [0.2, 0.25) is 0 Å². The molecule has 42 heavy (non-hydrogen) atoms. The first-order valence-electron chi connectivity index (χ1n) is 8.91. The molecule has 0 bridgehead atoms. The van der Waals surface area contributed by atoms with Crippen LogP contribution in [-0.4, -0.2) is 83.5 Å². The molecule has 0 unspecified atom stereocenters. The monoisotopic (exact) mass is 688 g/mol. The van der Waals surface area contributed by atoms with Crippen LogP contribution in [0.25, 0.3) is 0 Å². The molecular formula is C15H4F24O3. The van der Waals surface area contributed by atoms with Crippen molar-refractivity contribution in [2.75, 3.05) is 6.61 Å². The lowest BCUT2D eigenvalue weighted by atomic mass is 9.86. The van der Waals surface area contributed by atoms with Crippen LogP contribution < -0.4 is 0 Å². The van der Waals surface area contributed by atoms with Gasteiger partial charge in [0.2, 0.25) is 11.7 Å². The predicted molar refractivity (Wildman–Crippen MR) is 78.3 cm³/mol. The topological polar surface area (TPSA) is 46.5 Å². The first-order valence-corrected chi connectivity index (χ1v) is 8.91. The van der Waals surface area contributed by atoms with Gasteiger partial charge < -0.3 is 9.84 Å². The maximum atomic E-state index is 13.6. The van der Waals surface area contributed by atoms with E-state index in [1.807, 2.05) is 0 Å². The highest BCUT2D eigenvalue weighted by molar-refractivity contribution is 5.68. The standard InChI is InChI=1S/C15H4F24O3/c16-3(5(18)19)4(17)6(20,21)7(22,23)8(24,25)9(26,27)10(28,29)11(30,31)12(32,33)13(34,35)14(36,37)15(38,39)42-1-2(40)41/h5H,1H2,(H,40,41). The summed E-state index contributed by atoms with van der Waals surface area (Å²) in [5.74, 6) is -94.1. The number of hydrogen-bond acceptors (Lipinski definition) is 2. The van der Waals surface area contributed by atoms with Gasteiger partial charge in [-0.3, -0.25) is 0 Å². The van der Waals surface area contributed by atoms with Crippen molar-refractivity contribution in [1.82, 2.24) is 0 Å². The SMILES string of the molecule is O=C(O)COC(F)(F)C(F)(F)C(F)(F)C(F)(F)C(F)(F)C(F)(F)C(F)(F)C(F)(F)C(F)(F)C(F)(F)C(F)=C(F)C(F)F. The van der Waals surface area contributed by atoms with Crippen LogP contribution in [0, 0.1) is 0 Å². The van der Waals surface area contributed by atoms with Crippen molar-refractivity contribution in [3.05, 3.63) is 11.7 Å². The fourth-order valence-electron chi connectivity index (χ4n) is 2.19. The molecule has 0 amide bonds. The van der Waals surface area contributed by atoms with Gasteiger partial charge in [-0.1, -0.05) is 0 Å². The van der Waals surface area contributed by atoms with E-state index in [2.05, 4.69) is 4.74 Å². The van der Waals surface area contributed by atoms with E-state index < -0.39 is 90.1 Å². The zero-order valence-electron chi connectivity index (χ0n) is 18.1. The van der Waals surface area contributed by atoms with Crippen molar-refractivity contribution in [3.8, 4) is 0 Å². The number of alkyl halides is 22. The summed E-state index contributed by atoms with van der Waals surface area (Å²) in [7, 11) is 0. The molecule has 0 aromatic heterocycles. The number of hydrogen-bond donors (Lipinski definition) is 1. The Morgan fingerprint density at radius 3 is 1.05 bits per heavy atom. The van der Waals surface area contributed by atoms with E-state index in [1.165, 1.54) is 0 Å². The lowest BCUT2D eigenvalue weighted by Gasteiger charge is -2.44. The minimum absolute atomic E-state index is 2.19. The van der Waals surface area contributed by atoms with Crippen molar-refractivity contribution in [3.63, 3.8) is 0 Å². The summed E-state index contributed by atoms with van der Waals surface area (Å²) >= 11 is 0. The second-order valence-electron chi connectivity index (χ2n) is 7.33. The molecule has 3 nitrogen and oxygen atoms in total. The van der Waals surface area contributed by atoms with Gasteiger partial charge in [0.15, 0.2) is 6.61 Å². The van der Waals surface area contributed by atoms with Crippen LogP contribution in [0.1, 0.15) is 0 Å². The number of carbonyl (C=O) groups is 1. The molecule has 27 heteroatoms. The van der Waals surface area contributed by atoms with E-state index in [9.17, 15) is 110 Å². The zero-order valence-corrected chi connectivity index (χ0v) is 18.1. The van der Waals surface area contributed by atoms with Crippen LogP contribution in [0.15, 0.2) is 11.7 Å². The molecule has 0 fully saturated rings. The van der Waals surface area contributed by atoms with Crippen molar-refractivity contribution < 1.29 is 120 Å². The van der Waals surface area contributed by atoms with E-state index in [0.29, 0.717) is 0 Å². The molecule has 0 heterocycles. The quantitative estimate of drug-likeness (QED) is 0.190. The largest absolute Gasteiger partial charge is 0.480 e. The highest BCUT2D eigenvalue weighted by Crippen LogP contribution is 2.66. The van der Waals surface area contributed by atoms with Crippen molar-refractivity contribution >= 4 is 5.97 Å². The number of halogens is 24. The van der Waals surface area contributed by atoms with Crippen LogP contribution in [-0.2, 0) is 9.53 Å². The van der Waals surface area contributed by atoms with E-state index in [-0.39, 0.29) is 0 Å². The molecule has 0 aromatic carbocycles. The molecule has 0 aliphatic heterocycles. The fourth-order valence-corrected chi connectivity index (χ4v) is 2.19. The Morgan fingerprint density at radius 2 is 0.786 bits per heavy atom. The van der Waals surface area contributed by atoms with Gasteiger partial charge in [0.05, 0.1) is 0 Å². The predicted octanol–water partition coefficient (Wildman–Crippen LogP) is 7.81. The molecular weight excluding hydrogens is 684 g/mol. The second kappa shape index (κ2) is 10.6. The maximum Gasteiger partial charge on any atom is 0.426 e. The summed E-state index contributed by atoms with van der Waals surface area (Å²) in [5.41, 5.74) is 0. The normalized spacial score (nSPS) is 16.6. The maximum absolute atomic E-state index is 13.6. The van der Waals surface area contributed by atoms with Gasteiger partial charge in [0, 0.05) is 0 Å². The van der Waals surface area contributed by atoms with E-state index in [4.69, 9.17) is 5.11 Å². The number of aliphatic carboxylic acids is 1. The molecule has 0 radical (unpaired) electrons. The number of ether oxygens (including phenoxy) is 1. The first kappa shape index (κ1) is 39.5. The average Bonchev–Trinajstić information content (AvgIpc) is 2.80. The Kier molecular flexibility index (Phi) is 9.95. The smallest absolute Gasteiger partial charge is 0.426 e. The molecule has 250 valence electrons. The minimum Gasteiger partial charge on any atom is -0.480 e. The van der Waals surface area contributed by atoms with Crippen molar-refractivity contribution in [1.29, 1.82) is 0 Å². The summed E-state index contributed by atoms with van der Waals surface area (Å²) in [6.07, 6.45) is -12.8. The van der Waals surface area contributed by atoms with E-state index in [1.54, 1.807) is 0 Å². The lowest BCUT2D eigenvalue weighted by molar-refractivity contribution is -0.480. The summed E-state index contributed by atoms with van der Waals surface area (Å²) in [6, 6.07) is 0. The van der Waals surface area contributed by atoms with Crippen molar-refractivity contribution in [2.45, 2.75) is 65.8 Å². The second-order valence-corrected chi connectivity index (χ2v) is 7.33. The third-order valence-electron chi connectivity index (χ3n) is 4.57. The summed E-state index contributed by atoms with van der Waals surface area (Å²) < 4.78 is 321. The zero-order chi connectivity index (χ0) is 34.7. The van der Waals surface area contributed by atoms with Gasteiger partial charge in [-0.25, -0.2) is 22.4 Å². The van der Waals surface area contributed by atoms with Gasteiger partial charge in [-0.2, -0.15) is 87.8 Å². The highest BCUT2D eigenvalue weighted by Gasteiger charge is 2.98. The van der Waals surface area contributed by atoms with E-state index in [0.717, 1.165) is 0 Å². The Hall–Kier alpha value is -2.51. The molecule has 0 aromatic rings. The van der Waals surface area contributed by atoms with Gasteiger partial charge in [0.25, 0.3) is 6.43 Å². The molecule has 0 aliphatic rings. The van der Waals surface area contributed by atoms with Crippen LogP contribution >= 0.6 is 0 Å². The van der Waals surface area contributed by atoms with Crippen LogP contribution in [0.3, 0.4) is 0 Å². The van der Waals surface area contributed by atoms with Gasteiger partial charge in [-0.15, -0.1) is 0 Å². The molecule has 0 aliphatic carbocycles. The molecule has 0 rings (SSSR count). The third kappa shape index (κ3) is 5.15. The Labute approximate surface area is 211 Å². The molecule has 0 atom stereocenters. The van der Waals surface area contributed by atoms with Crippen LogP contribution in [0.4, 0.5) is 105 Å². The third-order valence-corrected chi connectivity index (χ3v) is 4.57. The molecule has 0 saturated heterocycles. The van der Waals surface area contributed by atoms with Gasteiger partial charge in [0.1, 0.15) is 0 Å². The highest BCUT2D eigenvalue weighted by atomic mass is 19.4. The van der Waals surface area contributed by atoms with E-state index >= 15 is 0 Å². The Balaban J connectivity index is 7.24. The van der Waals surface area contributed by atoms with Gasteiger partial charge in [-0.05, 0) is 0 Å². The number of carboxylic acids is 1. The average molecular weight is 688 g/mol. The molecule has 0 spiro atoms.